The summed E-state index contributed by atoms with van der Waals surface area (Å²) in [5.74, 6) is -1.12. The first-order valence-corrected chi connectivity index (χ1v) is 3.54. The van der Waals surface area contributed by atoms with Gasteiger partial charge < -0.3 is 10.3 Å². The molecule has 0 amide bonds. The van der Waals surface area contributed by atoms with Gasteiger partial charge in [0.05, 0.1) is 5.54 Å². The van der Waals surface area contributed by atoms with Gasteiger partial charge in [0.1, 0.15) is 5.69 Å². The highest BCUT2D eigenvalue weighted by molar-refractivity contribution is 5.14. The number of nitrogens with zero attached hydrogens (tertiary/aromatic N) is 1. The fraction of sp³-hybridized carbons (Fsp3) is 0.571. The maximum atomic E-state index is 12.0. The van der Waals surface area contributed by atoms with Crippen LogP contribution in [0.2, 0.25) is 0 Å². The summed E-state index contributed by atoms with van der Waals surface area (Å²) in [5, 5.41) is 3.23. The van der Waals surface area contributed by atoms with Crippen molar-refractivity contribution in [2.75, 3.05) is 0 Å². The summed E-state index contributed by atoms with van der Waals surface area (Å²) < 4.78 is 40.1. The van der Waals surface area contributed by atoms with E-state index in [0.29, 0.717) is 0 Å². The molecule has 0 atom stereocenters. The van der Waals surface area contributed by atoms with E-state index in [9.17, 15) is 13.2 Å². The van der Waals surface area contributed by atoms with E-state index in [4.69, 9.17) is 5.73 Å². The molecule has 0 aliphatic rings. The summed E-state index contributed by atoms with van der Waals surface area (Å²) >= 11 is 0. The van der Waals surface area contributed by atoms with Crippen LogP contribution in [-0.4, -0.2) is 5.16 Å². The largest absolute Gasteiger partial charge is 0.452 e. The Morgan fingerprint density at radius 3 is 2.15 bits per heavy atom. The molecule has 0 bridgehead atoms. The monoisotopic (exact) mass is 194 g/mol. The number of aromatic nitrogens is 1. The van der Waals surface area contributed by atoms with Crippen LogP contribution in [0.5, 0.6) is 0 Å². The predicted molar refractivity (Wildman–Crippen MR) is 38.7 cm³/mol. The minimum absolute atomic E-state index is 0.0832. The third kappa shape index (κ3) is 2.21. The lowest BCUT2D eigenvalue weighted by atomic mass is 10.0. The number of hydrogen-bond donors (Lipinski definition) is 1. The highest BCUT2D eigenvalue weighted by Crippen LogP contribution is 2.31. The van der Waals surface area contributed by atoms with Crippen LogP contribution in [0.3, 0.4) is 0 Å². The maximum Gasteiger partial charge on any atom is 0.452 e. The number of rotatable bonds is 1. The second-order valence-electron chi connectivity index (χ2n) is 3.30. The van der Waals surface area contributed by atoms with Crippen molar-refractivity contribution in [1.29, 1.82) is 0 Å². The van der Waals surface area contributed by atoms with Crippen molar-refractivity contribution in [2.24, 2.45) is 5.73 Å². The Balaban J connectivity index is 3.01. The Labute approximate surface area is 72.7 Å². The van der Waals surface area contributed by atoms with Crippen LogP contribution in [0, 0.1) is 0 Å². The van der Waals surface area contributed by atoms with Crippen molar-refractivity contribution in [1.82, 2.24) is 5.16 Å². The maximum absolute atomic E-state index is 12.0. The normalized spacial score (nSPS) is 13.4. The Morgan fingerprint density at radius 2 is 1.92 bits per heavy atom. The lowest BCUT2D eigenvalue weighted by Crippen LogP contribution is -2.28. The molecule has 6 heteroatoms. The topological polar surface area (TPSA) is 52.0 Å². The molecule has 3 nitrogen and oxygen atoms in total. The zero-order chi connectivity index (χ0) is 10.3. The molecule has 0 spiro atoms. The molecular weight excluding hydrogens is 185 g/mol. The molecule has 1 aromatic heterocycles. The number of nitrogens with two attached hydrogens (primary N) is 1. The van der Waals surface area contributed by atoms with E-state index in [-0.39, 0.29) is 5.69 Å². The molecule has 0 aromatic carbocycles. The molecular formula is C7H9F3N2O. The average molecular weight is 194 g/mol. The van der Waals surface area contributed by atoms with E-state index in [1.165, 1.54) is 0 Å². The van der Waals surface area contributed by atoms with Crippen LogP contribution in [0.1, 0.15) is 25.3 Å². The van der Waals surface area contributed by atoms with Crippen LogP contribution in [-0.2, 0) is 11.7 Å². The summed E-state index contributed by atoms with van der Waals surface area (Å²) in [6, 6.07) is 0.806. The molecule has 0 radical (unpaired) electrons. The van der Waals surface area contributed by atoms with E-state index >= 15 is 0 Å². The smallest absolute Gasteiger partial charge is 0.351 e. The standard InChI is InChI=1S/C7H9F3N2O/c1-6(2,11)4-3-5(13-12-4)7(8,9)10/h3H,11H2,1-2H3. The molecule has 1 heterocycles. The molecule has 0 saturated heterocycles. The molecule has 1 rings (SSSR count). The molecule has 0 saturated carbocycles. The first-order valence-electron chi connectivity index (χ1n) is 3.54. The van der Waals surface area contributed by atoms with Crippen molar-refractivity contribution in [3.8, 4) is 0 Å². The van der Waals surface area contributed by atoms with Gasteiger partial charge in [0, 0.05) is 6.07 Å². The quantitative estimate of drug-likeness (QED) is 0.742. The predicted octanol–water partition coefficient (Wildman–Crippen LogP) is 1.89. The van der Waals surface area contributed by atoms with Gasteiger partial charge >= 0.3 is 6.18 Å². The van der Waals surface area contributed by atoms with Gasteiger partial charge in [-0.2, -0.15) is 13.2 Å². The Morgan fingerprint density at radius 1 is 1.38 bits per heavy atom. The molecule has 0 aliphatic carbocycles. The lowest BCUT2D eigenvalue weighted by Gasteiger charge is -2.12. The Bertz CT molecular complexity index is 269. The summed E-state index contributed by atoms with van der Waals surface area (Å²) in [5.41, 5.74) is 4.68. The van der Waals surface area contributed by atoms with E-state index in [1.54, 1.807) is 13.8 Å². The van der Waals surface area contributed by atoms with E-state index in [1.807, 2.05) is 0 Å². The van der Waals surface area contributed by atoms with Crippen molar-refractivity contribution in [3.05, 3.63) is 17.5 Å². The Hall–Kier alpha value is -1.04. The fourth-order valence-electron chi connectivity index (χ4n) is 0.712. The summed E-state index contributed by atoms with van der Waals surface area (Å²) in [7, 11) is 0. The summed E-state index contributed by atoms with van der Waals surface area (Å²) in [6.45, 7) is 3.09. The number of alkyl halides is 3. The zero-order valence-electron chi connectivity index (χ0n) is 7.14. The second kappa shape index (κ2) is 2.73. The summed E-state index contributed by atoms with van der Waals surface area (Å²) in [4.78, 5) is 0. The lowest BCUT2D eigenvalue weighted by molar-refractivity contribution is -0.155. The molecule has 74 valence electrons. The van der Waals surface area contributed by atoms with Gasteiger partial charge in [0.15, 0.2) is 0 Å². The van der Waals surface area contributed by atoms with Gasteiger partial charge in [-0.15, -0.1) is 0 Å². The van der Waals surface area contributed by atoms with Gasteiger partial charge in [-0.25, -0.2) is 0 Å². The molecule has 0 fully saturated rings. The minimum atomic E-state index is -4.50. The fourth-order valence-corrected chi connectivity index (χ4v) is 0.712. The molecule has 1 aromatic rings. The third-order valence-electron chi connectivity index (χ3n) is 1.45. The van der Waals surface area contributed by atoms with Gasteiger partial charge in [-0.1, -0.05) is 5.16 Å². The van der Waals surface area contributed by atoms with E-state index < -0.39 is 17.5 Å². The van der Waals surface area contributed by atoms with Crippen LogP contribution in [0.25, 0.3) is 0 Å². The summed E-state index contributed by atoms with van der Waals surface area (Å²) in [6.07, 6.45) is -4.50. The molecule has 2 N–H and O–H groups in total. The molecule has 13 heavy (non-hydrogen) atoms. The third-order valence-corrected chi connectivity index (χ3v) is 1.45. The van der Waals surface area contributed by atoms with Crippen molar-refractivity contribution in [2.45, 2.75) is 25.6 Å². The van der Waals surface area contributed by atoms with Crippen molar-refractivity contribution in [3.63, 3.8) is 0 Å². The molecule has 0 unspecified atom stereocenters. The second-order valence-corrected chi connectivity index (χ2v) is 3.30. The van der Waals surface area contributed by atoms with Crippen molar-refractivity contribution >= 4 is 0 Å². The van der Waals surface area contributed by atoms with E-state index in [0.717, 1.165) is 6.07 Å². The first kappa shape index (κ1) is 10.0. The van der Waals surface area contributed by atoms with Gasteiger partial charge in [0.25, 0.3) is 0 Å². The van der Waals surface area contributed by atoms with Crippen molar-refractivity contribution < 1.29 is 17.7 Å². The highest BCUT2D eigenvalue weighted by atomic mass is 19.4. The SMILES string of the molecule is CC(C)(N)c1cc(C(F)(F)F)on1. The van der Waals surface area contributed by atoms with Gasteiger partial charge in [-0.3, -0.25) is 0 Å². The molecule has 0 aliphatic heterocycles. The highest BCUT2D eigenvalue weighted by Gasteiger charge is 2.37. The van der Waals surface area contributed by atoms with Crippen LogP contribution in [0.4, 0.5) is 13.2 Å². The number of halogens is 3. The van der Waals surface area contributed by atoms with Crippen LogP contribution >= 0.6 is 0 Å². The van der Waals surface area contributed by atoms with Crippen LogP contribution < -0.4 is 5.73 Å². The van der Waals surface area contributed by atoms with Gasteiger partial charge in [-0.05, 0) is 13.8 Å². The Kier molecular flexibility index (Phi) is 2.11. The van der Waals surface area contributed by atoms with Crippen LogP contribution in [0.15, 0.2) is 10.6 Å². The number of hydrogen-bond acceptors (Lipinski definition) is 3. The minimum Gasteiger partial charge on any atom is -0.351 e. The van der Waals surface area contributed by atoms with Gasteiger partial charge in [0.2, 0.25) is 5.76 Å². The average Bonchev–Trinajstić information content (AvgIpc) is 2.28. The van der Waals surface area contributed by atoms with E-state index in [2.05, 4.69) is 9.68 Å². The first-order chi connectivity index (χ1) is 5.71. The zero-order valence-corrected chi connectivity index (χ0v) is 7.14.